The van der Waals surface area contributed by atoms with E-state index in [1.165, 1.54) is 28.3 Å². The van der Waals surface area contributed by atoms with E-state index in [-0.39, 0.29) is 34.3 Å². The smallest absolute Gasteiger partial charge is 0.336 e. The molecular formula is C17H18N2O6. The molecule has 8 nitrogen and oxygen atoms in total. The van der Waals surface area contributed by atoms with Crippen molar-refractivity contribution in [2.24, 2.45) is 5.73 Å². The molecule has 1 aromatic carbocycles. The van der Waals surface area contributed by atoms with Gasteiger partial charge in [0.1, 0.15) is 17.4 Å². The van der Waals surface area contributed by atoms with Gasteiger partial charge in [-0.05, 0) is 13.0 Å². The highest BCUT2D eigenvalue weighted by molar-refractivity contribution is 5.91. The van der Waals surface area contributed by atoms with E-state index in [0.717, 1.165) is 0 Å². The van der Waals surface area contributed by atoms with Crippen molar-refractivity contribution in [3.8, 4) is 23.3 Å². The van der Waals surface area contributed by atoms with Gasteiger partial charge in [-0.15, -0.1) is 0 Å². The number of methoxy groups -OCH3 is 3. The molecule has 0 saturated heterocycles. The standard InChI is InChI=1S/C17H18N2O6/c1-8-12(17(20)21)13(10(7-18)16(19)25-8)9-5-6-11(22-2)15(24-4)14(9)23-3/h5-6,13H,19H2,1-4H3,(H,20,21). The molecule has 0 saturated carbocycles. The van der Waals surface area contributed by atoms with E-state index >= 15 is 0 Å². The van der Waals surface area contributed by atoms with E-state index in [1.54, 1.807) is 12.1 Å². The van der Waals surface area contributed by atoms with Gasteiger partial charge in [0.25, 0.3) is 0 Å². The van der Waals surface area contributed by atoms with Gasteiger partial charge in [-0.2, -0.15) is 5.26 Å². The van der Waals surface area contributed by atoms with Crippen LogP contribution in [0.15, 0.2) is 34.9 Å². The summed E-state index contributed by atoms with van der Waals surface area (Å²) in [7, 11) is 4.32. The Morgan fingerprint density at radius 2 is 1.88 bits per heavy atom. The van der Waals surface area contributed by atoms with Crippen LogP contribution in [-0.4, -0.2) is 32.4 Å². The minimum atomic E-state index is -1.22. The number of allylic oxidation sites excluding steroid dienone is 2. The van der Waals surface area contributed by atoms with Crippen LogP contribution >= 0.6 is 0 Å². The van der Waals surface area contributed by atoms with Gasteiger partial charge in [0.15, 0.2) is 11.5 Å². The third kappa shape index (κ3) is 2.92. The number of hydrogen-bond donors (Lipinski definition) is 2. The maximum atomic E-state index is 11.8. The molecule has 25 heavy (non-hydrogen) atoms. The third-order valence-corrected chi connectivity index (χ3v) is 3.88. The van der Waals surface area contributed by atoms with E-state index < -0.39 is 11.9 Å². The van der Waals surface area contributed by atoms with Crippen LogP contribution in [0, 0.1) is 11.3 Å². The number of carbonyl (C=O) groups is 1. The van der Waals surface area contributed by atoms with Crippen molar-refractivity contribution in [3.05, 3.63) is 40.5 Å². The number of aliphatic carboxylic acids is 1. The topological polar surface area (TPSA) is 124 Å². The number of nitriles is 1. The first kappa shape index (κ1) is 18.0. The molecule has 1 aromatic rings. The van der Waals surface area contributed by atoms with Gasteiger partial charge >= 0.3 is 5.97 Å². The molecule has 1 atom stereocenters. The van der Waals surface area contributed by atoms with E-state index in [9.17, 15) is 15.2 Å². The highest BCUT2D eigenvalue weighted by Gasteiger charge is 2.38. The normalized spacial score (nSPS) is 16.8. The summed E-state index contributed by atoms with van der Waals surface area (Å²) in [4.78, 5) is 11.8. The number of nitrogens with zero attached hydrogens (tertiary/aromatic N) is 1. The summed E-state index contributed by atoms with van der Waals surface area (Å²) in [5.41, 5.74) is 6.08. The summed E-state index contributed by atoms with van der Waals surface area (Å²) in [6.45, 7) is 1.48. The molecule has 0 fully saturated rings. The van der Waals surface area contributed by atoms with Gasteiger partial charge in [0, 0.05) is 5.56 Å². The zero-order valence-electron chi connectivity index (χ0n) is 14.2. The van der Waals surface area contributed by atoms with Crippen LogP contribution in [0.25, 0.3) is 0 Å². The van der Waals surface area contributed by atoms with Crippen molar-refractivity contribution >= 4 is 5.97 Å². The number of carboxylic acid groups (broad SMARTS) is 1. The SMILES string of the molecule is COc1ccc(C2C(C#N)=C(N)OC(C)=C2C(=O)O)c(OC)c1OC. The van der Waals surface area contributed by atoms with E-state index in [1.807, 2.05) is 6.07 Å². The molecule has 1 heterocycles. The molecule has 0 bridgehead atoms. The third-order valence-electron chi connectivity index (χ3n) is 3.88. The predicted molar refractivity (Wildman–Crippen MR) is 87.1 cm³/mol. The first-order valence-corrected chi connectivity index (χ1v) is 7.21. The molecule has 1 unspecified atom stereocenters. The van der Waals surface area contributed by atoms with E-state index in [0.29, 0.717) is 11.3 Å². The summed E-state index contributed by atoms with van der Waals surface area (Å²) < 4.78 is 21.2. The largest absolute Gasteiger partial charge is 0.493 e. The summed E-state index contributed by atoms with van der Waals surface area (Å²) >= 11 is 0. The Hall–Kier alpha value is -3.34. The second-order valence-corrected chi connectivity index (χ2v) is 5.12. The molecule has 132 valence electrons. The first-order valence-electron chi connectivity index (χ1n) is 7.21. The number of benzene rings is 1. The van der Waals surface area contributed by atoms with Crippen molar-refractivity contribution in [1.29, 1.82) is 5.26 Å². The number of ether oxygens (including phenoxy) is 4. The lowest BCUT2D eigenvalue weighted by molar-refractivity contribution is -0.133. The fraction of sp³-hybridized carbons (Fsp3) is 0.294. The molecule has 3 N–H and O–H groups in total. The second-order valence-electron chi connectivity index (χ2n) is 5.12. The molecular weight excluding hydrogens is 328 g/mol. The fourth-order valence-electron chi connectivity index (χ4n) is 2.82. The van der Waals surface area contributed by atoms with E-state index in [4.69, 9.17) is 24.7 Å². The van der Waals surface area contributed by atoms with Crippen molar-refractivity contribution in [3.63, 3.8) is 0 Å². The lowest BCUT2D eigenvalue weighted by atomic mass is 9.82. The Morgan fingerprint density at radius 3 is 2.36 bits per heavy atom. The molecule has 0 aliphatic carbocycles. The first-order chi connectivity index (χ1) is 11.9. The zero-order valence-corrected chi connectivity index (χ0v) is 14.2. The number of carboxylic acids is 1. The number of hydrogen-bond acceptors (Lipinski definition) is 7. The van der Waals surface area contributed by atoms with Crippen LogP contribution < -0.4 is 19.9 Å². The van der Waals surface area contributed by atoms with Crippen molar-refractivity contribution in [2.45, 2.75) is 12.8 Å². The molecule has 2 rings (SSSR count). The van der Waals surface area contributed by atoms with Gasteiger partial charge in [0.05, 0.1) is 32.8 Å². The Bertz CT molecular complexity index is 819. The van der Waals surface area contributed by atoms with Crippen molar-refractivity contribution < 1.29 is 28.8 Å². The van der Waals surface area contributed by atoms with Crippen LogP contribution in [0.3, 0.4) is 0 Å². The minimum absolute atomic E-state index is 0.0199. The maximum absolute atomic E-state index is 11.8. The number of nitrogens with two attached hydrogens (primary N) is 1. The Kier molecular flexibility index (Phi) is 5.08. The van der Waals surface area contributed by atoms with E-state index in [2.05, 4.69) is 0 Å². The lowest BCUT2D eigenvalue weighted by Crippen LogP contribution is -2.24. The van der Waals surface area contributed by atoms with Crippen LogP contribution in [0.2, 0.25) is 0 Å². The van der Waals surface area contributed by atoms with Gasteiger partial charge in [-0.1, -0.05) is 6.07 Å². The highest BCUT2D eigenvalue weighted by Crippen LogP contribution is 2.48. The Labute approximate surface area is 144 Å². The molecule has 1 aliphatic rings. The quantitative estimate of drug-likeness (QED) is 0.828. The molecule has 0 radical (unpaired) electrons. The average molecular weight is 346 g/mol. The molecule has 8 heteroatoms. The van der Waals surface area contributed by atoms with Crippen LogP contribution in [0.5, 0.6) is 17.2 Å². The van der Waals surface area contributed by atoms with Crippen molar-refractivity contribution in [1.82, 2.24) is 0 Å². The second kappa shape index (κ2) is 7.05. The van der Waals surface area contributed by atoms with Gasteiger partial charge in [-0.3, -0.25) is 0 Å². The van der Waals surface area contributed by atoms with Gasteiger partial charge < -0.3 is 29.8 Å². The summed E-state index contributed by atoms with van der Waals surface area (Å²) in [5.74, 6) is -1.29. The number of rotatable bonds is 5. The zero-order chi connectivity index (χ0) is 18.7. The molecule has 0 spiro atoms. The fourth-order valence-corrected chi connectivity index (χ4v) is 2.82. The predicted octanol–water partition coefficient (Wildman–Crippen LogP) is 1.88. The average Bonchev–Trinajstić information content (AvgIpc) is 2.59. The molecule has 0 amide bonds. The highest BCUT2D eigenvalue weighted by atomic mass is 16.5. The summed E-state index contributed by atoms with van der Waals surface area (Å²) in [5, 5.41) is 19.1. The minimum Gasteiger partial charge on any atom is -0.493 e. The van der Waals surface area contributed by atoms with Gasteiger partial charge in [0.2, 0.25) is 11.6 Å². The maximum Gasteiger partial charge on any atom is 0.336 e. The Balaban J connectivity index is 2.82. The van der Waals surface area contributed by atoms with Crippen molar-refractivity contribution in [2.75, 3.05) is 21.3 Å². The van der Waals surface area contributed by atoms with Crippen LogP contribution in [-0.2, 0) is 9.53 Å². The summed E-state index contributed by atoms with van der Waals surface area (Å²) in [6, 6.07) is 5.14. The summed E-state index contributed by atoms with van der Waals surface area (Å²) in [6.07, 6.45) is 0. The van der Waals surface area contributed by atoms with Crippen LogP contribution in [0.4, 0.5) is 0 Å². The molecule has 0 aromatic heterocycles. The monoisotopic (exact) mass is 346 g/mol. The van der Waals surface area contributed by atoms with Crippen LogP contribution in [0.1, 0.15) is 18.4 Å². The Morgan fingerprint density at radius 1 is 1.24 bits per heavy atom. The van der Waals surface area contributed by atoms with Gasteiger partial charge in [-0.25, -0.2) is 4.79 Å². The lowest BCUT2D eigenvalue weighted by Gasteiger charge is -2.27. The molecule has 1 aliphatic heterocycles.